The van der Waals surface area contributed by atoms with Crippen molar-refractivity contribution in [2.75, 3.05) is 13.1 Å². The van der Waals surface area contributed by atoms with Gasteiger partial charge in [-0.15, -0.1) is 0 Å². The monoisotopic (exact) mass is 276 g/mol. The van der Waals surface area contributed by atoms with Crippen molar-refractivity contribution in [3.05, 3.63) is 41.0 Å². The molecule has 3 N–H and O–H groups in total. The van der Waals surface area contributed by atoms with Gasteiger partial charge in [0.15, 0.2) is 0 Å². The van der Waals surface area contributed by atoms with Crippen LogP contribution in [0.3, 0.4) is 0 Å². The summed E-state index contributed by atoms with van der Waals surface area (Å²) in [6, 6.07) is 8.38. The van der Waals surface area contributed by atoms with Crippen LogP contribution in [-0.4, -0.2) is 29.3 Å². The Labute approximate surface area is 117 Å². The Morgan fingerprint density at radius 3 is 2.89 bits per heavy atom. The standard InChI is InChI=1S/C14H17ClN4/c15-12-3-1-10(2-4-12)14-11(8-18-19-14)7-17-13-5-6-16-9-13/h1-4,8,13,16-17H,5-7,9H2,(H,18,19). The van der Waals surface area contributed by atoms with Gasteiger partial charge in [0, 0.05) is 29.7 Å². The molecule has 1 aliphatic rings. The molecule has 1 atom stereocenters. The van der Waals surface area contributed by atoms with E-state index < -0.39 is 0 Å². The summed E-state index contributed by atoms with van der Waals surface area (Å²) in [6.45, 7) is 2.99. The number of nitrogens with zero attached hydrogens (tertiary/aromatic N) is 1. The molecule has 0 bridgehead atoms. The SMILES string of the molecule is Clc1ccc(-c2[nH]ncc2CNC2CCNC2)cc1. The molecular formula is C14H17ClN4. The molecule has 1 fully saturated rings. The predicted octanol–water partition coefficient (Wildman–Crippen LogP) is 2.18. The average Bonchev–Trinajstić information content (AvgIpc) is 3.08. The molecule has 1 aromatic heterocycles. The largest absolute Gasteiger partial charge is 0.315 e. The molecule has 0 amide bonds. The van der Waals surface area contributed by atoms with Crippen LogP contribution in [0.4, 0.5) is 0 Å². The highest BCUT2D eigenvalue weighted by atomic mass is 35.5. The van der Waals surface area contributed by atoms with Crippen LogP contribution in [0.5, 0.6) is 0 Å². The minimum atomic E-state index is 0.563. The van der Waals surface area contributed by atoms with Crippen molar-refractivity contribution in [3.63, 3.8) is 0 Å². The van der Waals surface area contributed by atoms with Crippen LogP contribution in [0.1, 0.15) is 12.0 Å². The fourth-order valence-corrected chi connectivity index (χ4v) is 2.52. The molecule has 4 nitrogen and oxygen atoms in total. The van der Waals surface area contributed by atoms with Gasteiger partial charge in [-0.1, -0.05) is 23.7 Å². The number of rotatable bonds is 4. The topological polar surface area (TPSA) is 52.7 Å². The molecular weight excluding hydrogens is 260 g/mol. The van der Waals surface area contributed by atoms with E-state index in [-0.39, 0.29) is 0 Å². The quantitative estimate of drug-likeness (QED) is 0.802. The van der Waals surface area contributed by atoms with Crippen molar-refractivity contribution < 1.29 is 0 Å². The summed E-state index contributed by atoms with van der Waals surface area (Å²) in [5.41, 5.74) is 3.37. The van der Waals surface area contributed by atoms with Gasteiger partial charge in [-0.2, -0.15) is 5.10 Å². The van der Waals surface area contributed by atoms with Gasteiger partial charge in [0.1, 0.15) is 0 Å². The van der Waals surface area contributed by atoms with Crippen LogP contribution >= 0.6 is 11.6 Å². The number of benzene rings is 1. The Bertz CT molecular complexity index is 529. The van der Waals surface area contributed by atoms with Crippen LogP contribution in [0.25, 0.3) is 11.3 Å². The highest BCUT2D eigenvalue weighted by molar-refractivity contribution is 6.30. The maximum Gasteiger partial charge on any atom is 0.0695 e. The van der Waals surface area contributed by atoms with E-state index in [1.165, 1.54) is 12.0 Å². The molecule has 0 spiro atoms. The minimum absolute atomic E-state index is 0.563. The van der Waals surface area contributed by atoms with Crippen molar-refractivity contribution in [2.45, 2.75) is 19.0 Å². The van der Waals surface area contributed by atoms with Crippen LogP contribution in [-0.2, 0) is 6.54 Å². The molecule has 0 aliphatic carbocycles. The molecule has 1 aliphatic heterocycles. The maximum atomic E-state index is 5.91. The first kappa shape index (κ1) is 12.7. The van der Waals surface area contributed by atoms with E-state index in [4.69, 9.17) is 11.6 Å². The molecule has 19 heavy (non-hydrogen) atoms. The molecule has 0 saturated carbocycles. The Morgan fingerprint density at radius 1 is 1.32 bits per heavy atom. The lowest BCUT2D eigenvalue weighted by Crippen LogP contribution is -2.30. The first-order valence-electron chi connectivity index (χ1n) is 6.55. The summed E-state index contributed by atoms with van der Waals surface area (Å²) < 4.78 is 0. The summed E-state index contributed by atoms with van der Waals surface area (Å²) in [5.74, 6) is 0. The van der Waals surface area contributed by atoms with Gasteiger partial charge < -0.3 is 10.6 Å². The van der Waals surface area contributed by atoms with E-state index in [1.54, 1.807) is 0 Å². The Hall–Kier alpha value is -1.36. The second-order valence-corrected chi connectivity index (χ2v) is 5.28. The van der Waals surface area contributed by atoms with E-state index in [9.17, 15) is 0 Å². The average molecular weight is 277 g/mol. The summed E-state index contributed by atoms with van der Waals surface area (Å²) in [7, 11) is 0. The number of halogens is 1. The van der Waals surface area contributed by atoms with Gasteiger partial charge in [0.2, 0.25) is 0 Å². The molecule has 2 heterocycles. The molecule has 3 rings (SSSR count). The summed E-state index contributed by atoms with van der Waals surface area (Å²) >= 11 is 5.91. The predicted molar refractivity (Wildman–Crippen MR) is 77.1 cm³/mol. The zero-order valence-corrected chi connectivity index (χ0v) is 11.4. The summed E-state index contributed by atoms with van der Waals surface area (Å²) in [4.78, 5) is 0. The smallest absolute Gasteiger partial charge is 0.0695 e. The fraction of sp³-hybridized carbons (Fsp3) is 0.357. The van der Waals surface area contributed by atoms with Crippen LogP contribution in [0, 0.1) is 0 Å². The van der Waals surface area contributed by atoms with Gasteiger partial charge in [-0.25, -0.2) is 0 Å². The van der Waals surface area contributed by atoms with Crippen molar-refractivity contribution in [2.24, 2.45) is 0 Å². The first-order valence-corrected chi connectivity index (χ1v) is 6.93. The van der Waals surface area contributed by atoms with Crippen LogP contribution < -0.4 is 10.6 Å². The highest BCUT2D eigenvalue weighted by Gasteiger charge is 2.15. The number of hydrogen-bond acceptors (Lipinski definition) is 3. The molecule has 1 aromatic carbocycles. The molecule has 1 saturated heterocycles. The van der Waals surface area contributed by atoms with Gasteiger partial charge in [-0.3, -0.25) is 5.10 Å². The second kappa shape index (κ2) is 5.74. The van der Waals surface area contributed by atoms with E-state index in [1.807, 2.05) is 30.5 Å². The van der Waals surface area contributed by atoms with Crippen molar-refractivity contribution in [3.8, 4) is 11.3 Å². The van der Waals surface area contributed by atoms with Gasteiger partial charge in [0.05, 0.1) is 11.9 Å². The zero-order chi connectivity index (χ0) is 13.1. The van der Waals surface area contributed by atoms with E-state index in [0.29, 0.717) is 6.04 Å². The summed E-state index contributed by atoms with van der Waals surface area (Å²) in [5, 5.41) is 14.9. The third kappa shape index (κ3) is 2.97. The number of H-pyrrole nitrogens is 1. The molecule has 5 heteroatoms. The number of hydrogen-bond donors (Lipinski definition) is 3. The normalized spacial score (nSPS) is 18.9. The number of aromatic nitrogens is 2. The van der Waals surface area contributed by atoms with E-state index in [2.05, 4.69) is 20.8 Å². The summed E-state index contributed by atoms with van der Waals surface area (Å²) in [6.07, 6.45) is 3.08. The number of aromatic amines is 1. The molecule has 0 radical (unpaired) electrons. The third-order valence-corrected chi connectivity index (χ3v) is 3.74. The molecule has 1 unspecified atom stereocenters. The zero-order valence-electron chi connectivity index (χ0n) is 10.6. The molecule has 100 valence electrons. The van der Waals surface area contributed by atoms with E-state index >= 15 is 0 Å². The minimum Gasteiger partial charge on any atom is -0.315 e. The Morgan fingerprint density at radius 2 is 2.16 bits per heavy atom. The van der Waals surface area contributed by atoms with Crippen LogP contribution in [0.15, 0.2) is 30.5 Å². The van der Waals surface area contributed by atoms with Crippen molar-refractivity contribution in [1.29, 1.82) is 0 Å². The highest BCUT2D eigenvalue weighted by Crippen LogP contribution is 2.22. The van der Waals surface area contributed by atoms with Crippen molar-refractivity contribution in [1.82, 2.24) is 20.8 Å². The lowest BCUT2D eigenvalue weighted by molar-refractivity contribution is 0.548. The van der Waals surface area contributed by atoms with E-state index in [0.717, 1.165) is 35.9 Å². The fourth-order valence-electron chi connectivity index (χ4n) is 2.39. The number of nitrogens with one attached hydrogen (secondary N) is 3. The van der Waals surface area contributed by atoms with Gasteiger partial charge in [0.25, 0.3) is 0 Å². The third-order valence-electron chi connectivity index (χ3n) is 3.49. The molecule has 2 aromatic rings. The van der Waals surface area contributed by atoms with Gasteiger partial charge in [-0.05, 0) is 30.7 Å². The Kier molecular flexibility index (Phi) is 3.82. The van der Waals surface area contributed by atoms with Gasteiger partial charge >= 0.3 is 0 Å². The van der Waals surface area contributed by atoms with Crippen LogP contribution in [0.2, 0.25) is 5.02 Å². The maximum absolute atomic E-state index is 5.91. The Balaban J connectivity index is 1.72. The second-order valence-electron chi connectivity index (χ2n) is 4.85. The lowest BCUT2D eigenvalue weighted by Gasteiger charge is -2.11. The first-order chi connectivity index (χ1) is 9.33. The lowest BCUT2D eigenvalue weighted by atomic mass is 10.1. The van der Waals surface area contributed by atoms with Crippen molar-refractivity contribution >= 4 is 11.6 Å².